The molecule has 0 aromatic heterocycles. The summed E-state index contributed by atoms with van der Waals surface area (Å²) in [5, 5.41) is 2.91. The van der Waals surface area contributed by atoms with Crippen molar-refractivity contribution in [1.29, 1.82) is 0 Å². The molecule has 1 saturated heterocycles. The van der Waals surface area contributed by atoms with Gasteiger partial charge in [-0.1, -0.05) is 22.0 Å². The van der Waals surface area contributed by atoms with Gasteiger partial charge in [0.25, 0.3) is 0 Å². The van der Waals surface area contributed by atoms with Crippen molar-refractivity contribution >= 4 is 27.6 Å². The predicted octanol–water partition coefficient (Wildman–Crippen LogP) is 1.70. The van der Waals surface area contributed by atoms with Crippen LogP contribution in [0.2, 0.25) is 0 Å². The minimum atomic E-state index is -0.0449. The van der Waals surface area contributed by atoms with Gasteiger partial charge in [-0.25, -0.2) is 4.79 Å². The van der Waals surface area contributed by atoms with Gasteiger partial charge in [0.2, 0.25) is 0 Å². The van der Waals surface area contributed by atoms with E-state index in [2.05, 4.69) is 21.2 Å². The third-order valence-corrected chi connectivity index (χ3v) is 3.10. The number of nitrogens with zero attached hydrogens (tertiary/aromatic N) is 1. The molecule has 1 aromatic carbocycles. The van der Waals surface area contributed by atoms with E-state index in [1.807, 2.05) is 24.3 Å². The van der Waals surface area contributed by atoms with Gasteiger partial charge in [-0.2, -0.15) is 0 Å². The average Bonchev–Trinajstić information content (AvgIpc) is 2.60. The van der Waals surface area contributed by atoms with Crippen LogP contribution in [0.25, 0.3) is 0 Å². The molecular formula is C11H14BrN3O. The average molecular weight is 284 g/mol. The number of anilines is 1. The first-order valence-electron chi connectivity index (χ1n) is 5.24. The molecule has 1 atom stereocenters. The van der Waals surface area contributed by atoms with Crippen LogP contribution in [-0.4, -0.2) is 25.2 Å². The largest absolute Gasteiger partial charge is 0.333 e. The second kappa shape index (κ2) is 4.84. The molecule has 1 aliphatic rings. The molecule has 2 amide bonds. The highest BCUT2D eigenvalue weighted by Crippen LogP contribution is 2.22. The van der Waals surface area contributed by atoms with Crippen molar-refractivity contribution in [2.45, 2.75) is 12.5 Å². The van der Waals surface area contributed by atoms with Gasteiger partial charge in [-0.15, -0.1) is 0 Å². The standard InChI is InChI=1S/C11H14BrN3O/c12-8-2-1-3-10(6-8)15-7-9(4-5-13)14-11(15)16/h1-3,6,9H,4-5,7,13H2,(H,14,16). The maximum Gasteiger partial charge on any atom is 0.322 e. The predicted molar refractivity (Wildman–Crippen MR) is 67.5 cm³/mol. The van der Waals surface area contributed by atoms with E-state index < -0.39 is 0 Å². The number of carbonyl (C=O) groups is 1. The van der Waals surface area contributed by atoms with Crippen LogP contribution in [0.3, 0.4) is 0 Å². The first-order chi connectivity index (χ1) is 7.70. The normalized spacial score (nSPS) is 20.0. The summed E-state index contributed by atoms with van der Waals surface area (Å²) in [6, 6.07) is 7.84. The van der Waals surface area contributed by atoms with Crippen LogP contribution >= 0.6 is 15.9 Å². The molecule has 1 heterocycles. The van der Waals surface area contributed by atoms with Crippen LogP contribution in [0.15, 0.2) is 28.7 Å². The highest BCUT2D eigenvalue weighted by atomic mass is 79.9. The van der Waals surface area contributed by atoms with Crippen LogP contribution < -0.4 is 16.0 Å². The van der Waals surface area contributed by atoms with E-state index in [0.717, 1.165) is 16.6 Å². The number of urea groups is 1. The molecule has 0 saturated carbocycles. The summed E-state index contributed by atoms with van der Waals surface area (Å²) >= 11 is 3.40. The Morgan fingerprint density at radius 1 is 1.56 bits per heavy atom. The van der Waals surface area contributed by atoms with Gasteiger partial charge in [0, 0.05) is 22.7 Å². The number of amides is 2. The molecule has 0 bridgehead atoms. The lowest BCUT2D eigenvalue weighted by atomic mass is 10.2. The summed E-state index contributed by atoms with van der Waals surface area (Å²) in [4.78, 5) is 13.5. The summed E-state index contributed by atoms with van der Waals surface area (Å²) in [6.07, 6.45) is 0.816. The minimum Gasteiger partial charge on any atom is -0.333 e. The Morgan fingerprint density at radius 2 is 2.38 bits per heavy atom. The number of nitrogens with two attached hydrogens (primary N) is 1. The van der Waals surface area contributed by atoms with Gasteiger partial charge in [0.1, 0.15) is 0 Å². The Hall–Kier alpha value is -1.07. The molecule has 1 aliphatic heterocycles. The molecule has 3 N–H and O–H groups in total. The molecule has 4 nitrogen and oxygen atoms in total. The lowest BCUT2D eigenvalue weighted by Gasteiger charge is -2.14. The van der Waals surface area contributed by atoms with Gasteiger partial charge >= 0.3 is 6.03 Å². The van der Waals surface area contributed by atoms with Gasteiger partial charge in [0.15, 0.2) is 0 Å². The molecule has 1 fully saturated rings. The monoisotopic (exact) mass is 283 g/mol. The van der Waals surface area contributed by atoms with Crippen molar-refractivity contribution in [3.8, 4) is 0 Å². The smallest absolute Gasteiger partial charge is 0.322 e. The van der Waals surface area contributed by atoms with Gasteiger partial charge in [0.05, 0.1) is 0 Å². The summed E-state index contributed by atoms with van der Waals surface area (Å²) < 4.78 is 0.972. The molecule has 0 radical (unpaired) electrons. The van der Waals surface area contributed by atoms with Crippen molar-refractivity contribution in [3.63, 3.8) is 0 Å². The van der Waals surface area contributed by atoms with Crippen molar-refractivity contribution in [2.75, 3.05) is 18.0 Å². The molecule has 1 aromatic rings. The highest BCUT2D eigenvalue weighted by molar-refractivity contribution is 9.10. The number of carbonyl (C=O) groups excluding carboxylic acids is 1. The fourth-order valence-electron chi connectivity index (χ4n) is 1.83. The van der Waals surface area contributed by atoms with Gasteiger partial charge in [-0.05, 0) is 31.2 Å². The van der Waals surface area contributed by atoms with E-state index in [9.17, 15) is 4.79 Å². The second-order valence-corrected chi connectivity index (χ2v) is 4.73. The van der Waals surface area contributed by atoms with E-state index in [1.54, 1.807) is 4.90 Å². The van der Waals surface area contributed by atoms with E-state index >= 15 is 0 Å². The number of nitrogens with one attached hydrogen (secondary N) is 1. The molecule has 1 unspecified atom stereocenters. The lowest BCUT2D eigenvalue weighted by molar-refractivity contribution is 0.250. The summed E-state index contributed by atoms with van der Waals surface area (Å²) in [5.41, 5.74) is 6.39. The van der Waals surface area contributed by atoms with Crippen molar-refractivity contribution < 1.29 is 4.79 Å². The van der Waals surface area contributed by atoms with Crippen LogP contribution in [0.1, 0.15) is 6.42 Å². The molecule has 0 aliphatic carbocycles. The van der Waals surface area contributed by atoms with E-state index in [1.165, 1.54) is 0 Å². The number of hydrogen-bond donors (Lipinski definition) is 2. The number of hydrogen-bond acceptors (Lipinski definition) is 2. The highest BCUT2D eigenvalue weighted by Gasteiger charge is 2.28. The topological polar surface area (TPSA) is 58.4 Å². The Bertz CT molecular complexity index is 397. The van der Waals surface area contributed by atoms with Crippen LogP contribution in [0.5, 0.6) is 0 Å². The summed E-state index contributed by atoms with van der Waals surface area (Å²) in [6.45, 7) is 1.28. The van der Waals surface area contributed by atoms with Crippen molar-refractivity contribution in [1.82, 2.24) is 5.32 Å². The first-order valence-corrected chi connectivity index (χ1v) is 6.03. The third kappa shape index (κ3) is 2.36. The van der Waals surface area contributed by atoms with Crippen molar-refractivity contribution in [2.24, 2.45) is 5.73 Å². The third-order valence-electron chi connectivity index (χ3n) is 2.61. The second-order valence-electron chi connectivity index (χ2n) is 3.81. The number of halogens is 1. The Kier molecular flexibility index (Phi) is 3.46. The Morgan fingerprint density at radius 3 is 3.06 bits per heavy atom. The van der Waals surface area contributed by atoms with E-state index in [0.29, 0.717) is 13.1 Å². The SMILES string of the molecule is NCCC1CN(c2cccc(Br)c2)C(=O)N1. The summed E-state index contributed by atoms with van der Waals surface area (Å²) in [5.74, 6) is 0. The fourth-order valence-corrected chi connectivity index (χ4v) is 2.22. The molecule has 0 spiro atoms. The van der Waals surface area contributed by atoms with E-state index in [4.69, 9.17) is 5.73 Å². The lowest BCUT2D eigenvalue weighted by Crippen LogP contribution is -2.29. The van der Waals surface area contributed by atoms with Crippen LogP contribution in [0.4, 0.5) is 10.5 Å². The molecular weight excluding hydrogens is 270 g/mol. The minimum absolute atomic E-state index is 0.0449. The van der Waals surface area contributed by atoms with Crippen molar-refractivity contribution in [3.05, 3.63) is 28.7 Å². The maximum atomic E-state index is 11.7. The van der Waals surface area contributed by atoms with Crippen LogP contribution in [0, 0.1) is 0 Å². The van der Waals surface area contributed by atoms with E-state index in [-0.39, 0.29) is 12.1 Å². The quantitative estimate of drug-likeness (QED) is 0.887. The molecule has 5 heteroatoms. The molecule has 16 heavy (non-hydrogen) atoms. The number of rotatable bonds is 3. The Balaban J connectivity index is 2.13. The maximum absolute atomic E-state index is 11.7. The zero-order valence-electron chi connectivity index (χ0n) is 8.82. The molecule has 86 valence electrons. The Labute approximate surface area is 103 Å². The molecule has 2 rings (SSSR count). The fraction of sp³-hybridized carbons (Fsp3) is 0.364. The number of benzene rings is 1. The van der Waals surface area contributed by atoms with Gasteiger partial charge < -0.3 is 11.1 Å². The first kappa shape index (κ1) is 11.4. The zero-order chi connectivity index (χ0) is 11.5. The zero-order valence-corrected chi connectivity index (χ0v) is 10.4. The summed E-state index contributed by atoms with van der Waals surface area (Å²) in [7, 11) is 0. The van der Waals surface area contributed by atoms with Gasteiger partial charge in [-0.3, -0.25) is 4.90 Å². The van der Waals surface area contributed by atoms with Crippen LogP contribution in [-0.2, 0) is 0 Å².